The van der Waals surface area contributed by atoms with Crippen LogP contribution in [0.2, 0.25) is 0 Å². The topological polar surface area (TPSA) is 110 Å². The Kier molecular flexibility index (Phi) is 8.17. The molecule has 2 aliphatic rings. The lowest BCUT2D eigenvalue weighted by atomic mass is 9.89. The number of amides is 2. The summed E-state index contributed by atoms with van der Waals surface area (Å²) in [4.78, 5) is 41.3. The zero-order valence-electron chi connectivity index (χ0n) is 25.2. The summed E-state index contributed by atoms with van der Waals surface area (Å²) in [5, 5.41) is 11.3. The van der Waals surface area contributed by atoms with E-state index >= 15 is 0 Å². The summed E-state index contributed by atoms with van der Waals surface area (Å²) in [6, 6.07) is 9.45. The minimum atomic E-state index is -5.16. The SMILES string of the molecule is CC(C)c1nnc2n1CCN(c1cccc3c1CCN(C(=O)C(F)(F)F)C3C(=O)Nc1ccc(C(=O)OC(C)(C)C)cc1)C2. The van der Waals surface area contributed by atoms with Gasteiger partial charge < -0.3 is 24.4 Å². The second kappa shape index (κ2) is 11.6. The van der Waals surface area contributed by atoms with Crippen molar-refractivity contribution in [2.75, 3.05) is 23.3 Å². The van der Waals surface area contributed by atoms with Gasteiger partial charge in [0.1, 0.15) is 17.5 Å². The molecule has 3 heterocycles. The Morgan fingerprint density at radius 1 is 0.977 bits per heavy atom. The Labute approximate surface area is 253 Å². The minimum absolute atomic E-state index is 0.141. The highest BCUT2D eigenvalue weighted by Crippen LogP contribution is 2.39. The zero-order valence-corrected chi connectivity index (χ0v) is 25.2. The van der Waals surface area contributed by atoms with Crippen LogP contribution in [-0.4, -0.2) is 62.3 Å². The van der Waals surface area contributed by atoms with Gasteiger partial charge >= 0.3 is 18.1 Å². The van der Waals surface area contributed by atoms with Gasteiger partial charge in [-0.25, -0.2) is 4.79 Å². The average molecular weight is 613 g/mol. The van der Waals surface area contributed by atoms with Gasteiger partial charge in [0.2, 0.25) is 0 Å². The Morgan fingerprint density at radius 3 is 2.32 bits per heavy atom. The largest absolute Gasteiger partial charge is 0.471 e. The summed E-state index contributed by atoms with van der Waals surface area (Å²) in [7, 11) is 0. The molecule has 0 bridgehead atoms. The molecule has 2 aliphatic heterocycles. The molecule has 0 saturated heterocycles. The summed E-state index contributed by atoms with van der Waals surface area (Å²) >= 11 is 0. The number of ether oxygens (including phenoxy) is 1. The van der Waals surface area contributed by atoms with Crippen molar-refractivity contribution in [1.82, 2.24) is 19.7 Å². The summed E-state index contributed by atoms with van der Waals surface area (Å²) in [5.41, 5.74) is 1.61. The quantitative estimate of drug-likeness (QED) is 0.404. The van der Waals surface area contributed by atoms with Crippen LogP contribution in [0.5, 0.6) is 0 Å². The fourth-order valence-corrected chi connectivity index (χ4v) is 5.66. The number of fused-ring (bicyclic) bond motifs is 2. The molecule has 1 unspecified atom stereocenters. The monoisotopic (exact) mass is 612 g/mol. The van der Waals surface area contributed by atoms with Gasteiger partial charge in [0.15, 0.2) is 5.82 Å². The molecule has 10 nitrogen and oxygen atoms in total. The van der Waals surface area contributed by atoms with Gasteiger partial charge in [0, 0.05) is 36.9 Å². The Bertz CT molecular complexity index is 1580. The van der Waals surface area contributed by atoms with E-state index < -0.39 is 35.6 Å². The molecule has 3 aromatic rings. The highest BCUT2D eigenvalue weighted by atomic mass is 19.4. The number of rotatable bonds is 5. The highest BCUT2D eigenvalue weighted by molar-refractivity contribution is 6.00. The van der Waals surface area contributed by atoms with E-state index in [1.54, 1.807) is 32.9 Å². The van der Waals surface area contributed by atoms with Crippen LogP contribution in [-0.2, 0) is 33.8 Å². The Hall–Kier alpha value is -4.42. The second-order valence-corrected chi connectivity index (χ2v) is 12.3. The first-order valence-electron chi connectivity index (χ1n) is 14.4. The summed E-state index contributed by atoms with van der Waals surface area (Å²) in [5.74, 6) is -1.55. The molecular formula is C31H35F3N6O4. The molecule has 2 aromatic carbocycles. The van der Waals surface area contributed by atoms with Gasteiger partial charge in [-0.3, -0.25) is 9.59 Å². The van der Waals surface area contributed by atoms with Gasteiger partial charge in [0.25, 0.3) is 5.91 Å². The fourth-order valence-electron chi connectivity index (χ4n) is 5.66. The normalized spacial score (nSPS) is 16.8. The van der Waals surface area contributed by atoms with E-state index in [1.807, 2.05) is 19.9 Å². The molecule has 0 saturated carbocycles. The molecule has 0 aliphatic carbocycles. The summed E-state index contributed by atoms with van der Waals surface area (Å²) < 4.78 is 48.5. The van der Waals surface area contributed by atoms with E-state index in [0.29, 0.717) is 35.7 Å². The first-order valence-corrected chi connectivity index (χ1v) is 14.4. The van der Waals surface area contributed by atoms with Crippen molar-refractivity contribution in [3.05, 3.63) is 70.8 Å². The van der Waals surface area contributed by atoms with Crippen LogP contribution in [0, 0.1) is 0 Å². The van der Waals surface area contributed by atoms with E-state index in [-0.39, 0.29) is 30.1 Å². The van der Waals surface area contributed by atoms with Crippen molar-refractivity contribution < 1.29 is 32.3 Å². The van der Waals surface area contributed by atoms with Crippen molar-refractivity contribution in [1.29, 1.82) is 0 Å². The molecular weight excluding hydrogens is 577 g/mol. The number of aromatic nitrogens is 3. The zero-order chi connectivity index (χ0) is 32.0. The average Bonchev–Trinajstić information content (AvgIpc) is 3.38. The smallest absolute Gasteiger partial charge is 0.456 e. The molecule has 1 aromatic heterocycles. The number of benzene rings is 2. The number of halogens is 3. The number of carbonyl (C=O) groups is 3. The first-order chi connectivity index (χ1) is 20.6. The van der Waals surface area contributed by atoms with E-state index in [1.165, 1.54) is 24.3 Å². The number of nitrogens with one attached hydrogen (secondary N) is 1. The molecule has 44 heavy (non-hydrogen) atoms. The maximum Gasteiger partial charge on any atom is 0.471 e. The van der Waals surface area contributed by atoms with Crippen LogP contribution in [0.4, 0.5) is 24.5 Å². The molecule has 1 atom stereocenters. The van der Waals surface area contributed by atoms with Crippen LogP contribution in [0.3, 0.4) is 0 Å². The van der Waals surface area contributed by atoms with Crippen molar-refractivity contribution in [2.45, 2.75) is 77.9 Å². The summed E-state index contributed by atoms with van der Waals surface area (Å²) in [6.45, 7) is 10.7. The van der Waals surface area contributed by atoms with Crippen molar-refractivity contribution in [3.8, 4) is 0 Å². The number of carbonyl (C=O) groups excluding carboxylic acids is 3. The van der Waals surface area contributed by atoms with Gasteiger partial charge in [-0.2, -0.15) is 13.2 Å². The van der Waals surface area contributed by atoms with Crippen molar-refractivity contribution >= 4 is 29.2 Å². The number of hydrogen-bond acceptors (Lipinski definition) is 7. The van der Waals surface area contributed by atoms with E-state index in [0.717, 1.165) is 17.3 Å². The minimum Gasteiger partial charge on any atom is -0.456 e. The third-order valence-corrected chi connectivity index (χ3v) is 7.57. The first kappa shape index (κ1) is 31.0. The number of alkyl halides is 3. The maximum absolute atomic E-state index is 13.7. The third-order valence-electron chi connectivity index (χ3n) is 7.57. The standard InChI is InChI=1S/C31H35F3N6O4/c1-18(2)26-37-36-24-17-38(15-16-39(24)26)23-8-6-7-22-21(23)13-14-40(29(43)31(32,33)34)25(22)27(41)35-20-11-9-19(10-12-20)28(42)44-30(3,4)5/h6-12,18,25H,13-17H2,1-5H3,(H,35,41). The van der Waals surface area contributed by atoms with E-state index in [4.69, 9.17) is 4.74 Å². The lowest BCUT2D eigenvalue weighted by Crippen LogP contribution is -2.50. The van der Waals surface area contributed by atoms with E-state index in [2.05, 4.69) is 25.0 Å². The van der Waals surface area contributed by atoms with Crippen LogP contribution in [0.1, 0.15) is 79.7 Å². The van der Waals surface area contributed by atoms with Crippen LogP contribution in [0.15, 0.2) is 42.5 Å². The fraction of sp³-hybridized carbons (Fsp3) is 0.452. The van der Waals surface area contributed by atoms with Gasteiger partial charge in [-0.05, 0) is 68.7 Å². The van der Waals surface area contributed by atoms with Gasteiger partial charge in [-0.15, -0.1) is 10.2 Å². The van der Waals surface area contributed by atoms with Crippen molar-refractivity contribution in [2.24, 2.45) is 0 Å². The number of hydrogen-bond donors (Lipinski definition) is 1. The van der Waals surface area contributed by atoms with Gasteiger partial charge in [0.05, 0.1) is 12.1 Å². The van der Waals surface area contributed by atoms with Crippen molar-refractivity contribution in [3.63, 3.8) is 0 Å². The number of anilines is 2. The highest BCUT2D eigenvalue weighted by Gasteiger charge is 2.48. The van der Waals surface area contributed by atoms with E-state index in [9.17, 15) is 27.6 Å². The second-order valence-electron chi connectivity index (χ2n) is 12.3. The lowest BCUT2D eigenvalue weighted by Gasteiger charge is -2.39. The molecule has 234 valence electrons. The predicted octanol–water partition coefficient (Wildman–Crippen LogP) is 5.00. The number of nitrogens with zero attached hydrogens (tertiary/aromatic N) is 5. The third kappa shape index (κ3) is 6.27. The van der Waals surface area contributed by atoms with Crippen LogP contribution in [0.25, 0.3) is 0 Å². The lowest BCUT2D eigenvalue weighted by molar-refractivity contribution is -0.188. The predicted molar refractivity (Wildman–Crippen MR) is 156 cm³/mol. The number of esters is 1. The molecule has 2 amide bonds. The molecule has 13 heteroatoms. The maximum atomic E-state index is 13.7. The summed E-state index contributed by atoms with van der Waals surface area (Å²) in [6.07, 6.45) is -5.02. The molecule has 1 N–H and O–H groups in total. The molecule has 5 rings (SSSR count). The van der Waals surface area contributed by atoms with Gasteiger partial charge in [-0.1, -0.05) is 26.0 Å². The molecule has 0 spiro atoms. The molecule has 0 fully saturated rings. The molecule has 0 radical (unpaired) electrons. The van der Waals surface area contributed by atoms with Crippen LogP contribution < -0.4 is 10.2 Å². The Morgan fingerprint density at radius 2 is 1.68 bits per heavy atom. The van der Waals surface area contributed by atoms with Crippen LogP contribution >= 0.6 is 0 Å². The Balaban J connectivity index is 1.44.